The van der Waals surface area contributed by atoms with E-state index in [1.807, 2.05) is 6.26 Å². The van der Waals surface area contributed by atoms with Crippen molar-refractivity contribution in [1.82, 2.24) is 5.32 Å². The van der Waals surface area contributed by atoms with E-state index in [0.29, 0.717) is 6.54 Å². The smallest absolute Gasteiger partial charge is 0.288 e. The number of thioether (sulfide) groups is 1. The molecule has 0 aromatic heterocycles. The average Bonchev–Trinajstić information content (AvgIpc) is 2.38. The molecular formula is C12H15ClN2O3S. The van der Waals surface area contributed by atoms with Gasteiger partial charge in [-0.3, -0.25) is 14.9 Å². The Kier molecular flexibility index (Phi) is 6.66. The standard InChI is InChI=1S/C12H15ClN2O3S/c1-19-8-3-2-7-14-12(16)9-5-4-6-10(11(9)13)15(17)18/h4-6H,2-3,7-8H2,1H3,(H,14,16). The van der Waals surface area contributed by atoms with Crippen molar-refractivity contribution >= 4 is 35.0 Å². The summed E-state index contributed by atoms with van der Waals surface area (Å²) in [6.07, 6.45) is 3.92. The lowest BCUT2D eigenvalue weighted by Gasteiger charge is -2.06. The molecule has 0 spiro atoms. The number of carbonyl (C=O) groups is 1. The van der Waals surface area contributed by atoms with Gasteiger partial charge in [0, 0.05) is 12.6 Å². The first-order chi connectivity index (χ1) is 9.07. The minimum absolute atomic E-state index is 0.117. The minimum Gasteiger partial charge on any atom is -0.352 e. The van der Waals surface area contributed by atoms with Crippen molar-refractivity contribution in [3.05, 3.63) is 38.9 Å². The van der Waals surface area contributed by atoms with E-state index in [9.17, 15) is 14.9 Å². The maximum absolute atomic E-state index is 11.8. The maximum Gasteiger partial charge on any atom is 0.288 e. The van der Waals surface area contributed by atoms with Crippen molar-refractivity contribution in [3.8, 4) is 0 Å². The molecule has 19 heavy (non-hydrogen) atoms. The van der Waals surface area contributed by atoms with E-state index in [1.165, 1.54) is 18.2 Å². The molecule has 1 amide bonds. The second-order valence-corrected chi connectivity index (χ2v) is 5.22. The minimum atomic E-state index is -0.600. The van der Waals surface area contributed by atoms with E-state index in [4.69, 9.17) is 11.6 Å². The lowest BCUT2D eigenvalue weighted by atomic mass is 10.2. The van der Waals surface area contributed by atoms with Crippen molar-refractivity contribution < 1.29 is 9.72 Å². The molecule has 0 heterocycles. The third kappa shape index (κ3) is 4.72. The molecule has 0 radical (unpaired) electrons. The summed E-state index contributed by atoms with van der Waals surface area (Å²) in [4.78, 5) is 22.0. The number of unbranched alkanes of at least 4 members (excludes halogenated alkanes) is 1. The van der Waals surface area contributed by atoms with Crippen LogP contribution in [0.1, 0.15) is 23.2 Å². The van der Waals surface area contributed by atoms with Gasteiger partial charge < -0.3 is 5.32 Å². The van der Waals surface area contributed by atoms with E-state index in [2.05, 4.69) is 5.32 Å². The number of hydrogen-bond acceptors (Lipinski definition) is 4. The zero-order chi connectivity index (χ0) is 14.3. The van der Waals surface area contributed by atoms with E-state index in [0.717, 1.165) is 18.6 Å². The van der Waals surface area contributed by atoms with Gasteiger partial charge >= 0.3 is 0 Å². The molecule has 0 aliphatic heterocycles. The van der Waals surface area contributed by atoms with Crippen molar-refractivity contribution in [2.75, 3.05) is 18.6 Å². The lowest BCUT2D eigenvalue weighted by molar-refractivity contribution is -0.384. The first-order valence-corrected chi connectivity index (χ1v) is 7.55. The second-order valence-electron chi connectivity index (χ2n) is 3.85. The van der Waals surface area contributed by atoms with Crippen LogP contribution in [0.5, 0.6) is 0 Å². The van der Waals surface area contributed by atoms with Crippen LogP contribution in [-0.4, -0.2) is 29.4 Å². The molecule has 0 atom stereocenters. The highest BCUT2D eigenvalue weighted by Crippen LogP contribution is 2.27. The average molecular weight is 303 g/mol. The summed E-state index contributed by atoms with van der Waals surface area (Å²) in [6.45, 7) is 0.540. The van der Waals surface area contributed by atoms with Gasteiger partial charge in [-0.2, -0.15) is 11.8 Å². The van der Waals surface area contributed by atoms with Gasteiger partial charge in [-0.05, 0) is 30.9 Å². The fraction of sp³-hybridized carbons (Fsp3) is 0.417. The highest BCUT2D eigenvalue weighted by atomic mass is 35.5. The molecule has 5 nitrogen and oxygen atoms in total. The van der Waals surface area contributed by atoms with Crippen molar-refractivity contribution in [3.63, 3.8) is 0 Å². The number of benzene rings is 1. The number of nitrogens with zero attached hydrogens (tertiary/aromatic N) is 1. The molecule has 1 aromatic carbocycles. The lowest BCUT2D eigenvalue weighted by Crippen LogP contribution is -2.25. The van der Waals surface area contributed by atoms with Crippen LogP contribution in [0.15, 0.2) is 18.2 Å². The summed E-state index contributed by atoms with van der Waals surface area (Å²) in [5.41, 5.74) is -0.113. The van der Waals surface area contributed by atoms with E-state index in [-0.39, 0.29) is 22.2 Å². The summed E-state index contributed by atoms with van der Waals surface area (Å²) in [7, 11) is 0. The van der Waals surface area contributed by atoms with Crippen LogP contribution in [0.2, 0.25) is 5.02 Å². The molecule has 0 fully saturated rings. The SMILES string of the molecule is CSCCCCNC(=O)c1cccc([N+](=O)[O-])c1Cl. The zero-order valence-corrected chi connectivity index (χ0v) is 12.1. The predicted octanol–water partition coefficient (Wildman–Crippen LogP) is 3.12. The van der Waals surface area contributed by atoms with Crippen LogP contribution in [0.4, 0.5) is 5.69 Å². The maximum atomic E-state index is 11.8. The van der Waals surface area contributed by atoms with Gasteiger partial charge in [-0.15, -0.1) is 0 Å². The molecule has 104 valence electrons. The van der Waals surface area contributed by atoms with E-state index in [1.54, 1.807) is 11.8 Å². The van der Waals surface area contributed by atoms with Crippen LogP contribution >= 0.6 is 23.4 Å². The Balaban J connectivity index is 2.62. The zero-order valence-electron chi connectivity index (χ0n) is 10.5. The van der Waals surface area contributed by atoms with Crippen LogP contribution in [0.3, 0.4) is 0 Å². The largest absolute Gasteiger partial charge is 0.352 e. The summed E-state index contributed by atoms with van der Waals surface area (Å²) in [5.74, 6) is 0.672. The summed E-state index contributed by atoms with van der Waals surface area (Å²) < 4.78 is 0. The van der Waals surface area contributed by atoms with Crippen LogP contribution in [0.25, 0.3) is 0 Å². The number of rotatable bonds is 7. The Morgan fingerprint density at radius 3 is 2.84 bits per heavy atom. The number of carbonyl (C=O) groups excluding carboxylic acids is 1. The molecule has 0 saturated carbocycles. The first-order valence-electron chi connectivity index (χ1n) is 5.78. The third-order valence-corrected chi connectivity index (χ3v) is 3.57. The molecule has 1 aromatic rings. The molecular weight excluding hydrogens is 288 g/mol. The van der Waals surface area contributed by atoms with Gasteiger partial charge in [-0.25, -0.2) is 0 Å². The highest BCUT2D eigenvalue weighted by molar-refractivity contribution is 7.98. The number of nitro groups is 1. The fourth-order valence-corrected chi connectivity index (χ4v) is 2.28. The molecule has 1 N–H and O–H groups in total. The Hall–Kier alpha value is -1.27. The first kappa shape index (κ1) is 15.8. The van der Waals surface area contributed by atoms with Gasteiger partial charge in [0.15, 0.2) is 0 Å². The number of nitrogens with one attached hydrogen (secondary N) is 1. The Morgan fingerprint density at radius 2 is 2.21 bits per heavy atom. The van der Waals surface area contributed by atoms with Gasteiger partial charge in [-0.1, -0.05) is 17.7 Å². The third-order valence-electron chi connectivity index (χ3n) is 2.48. The fourth-order valence-electron chi connectivity index (χ4n) is 1.50. The van der Waals surface area contributed by atoms with Crippen LogP contribution in [-0.2, 0) is 0 Å². The normalized spacial score (nSPS) is 10.2. The second kappa shape index (κ2) is 8.01. The highest BCUT2D eigenvalue weighted by Gasteiger charge is 2.19. The van der Waals surface area contributed by atoms with Gasteiger partial charge in [0.2, 0.25) is 0 Å². The van der Waals surface area contributed by atoms with Gasteiger partial charge in [0.05, 0.1) is 10.5 Å². The molecule has 1 rings (SSSR count). The number of amides is 1. The molecule has 0 unspecified atom stereocenters. The quantitative estimate of drug-likeness (QED) is 0.477. The molecule has 0 saturated heterocycles. The van der Waals surface area contributed by atoms with Crippen LogP contribution in [0, 0.1) is 10.1 Å². The molecule has 0 aliphatic rings. The molecule has 0 aliphatic carbocycles. The molecule has 7 heteroatoms. The predicted molar refractivity (Wildman–Crippen MR) is 78.1 cm³/mol. The summed E-state index contributed by atoms with van der Waals surface area (Å²) in [6, 6.07) is 4.21. The van der Waals surface area contributed by atoms with Gasteiger partial charge in [0.1, 0.15) is 5.02 Å². The van der Waals surface area contributed by atoms with Crippen molar-refractivity contribution in [2.24, 2.45) is 0 Å². The Bertz CT molecular complexity index is 468. The van der Waals surface area contributed by atoms with Crippen molar-refractivity contribution in [1.29, 1.82) is 0 Å². The van der Waals surface area contributed by atoms with Crippen LogP contribution < -0.4 is 5.32 Å². The van der Waals surface area contributed by atoms with Crippen molar-refractivity contribution in [2.45, 2.75) is 12.8 Å². The number of halogens is 1. The summed E-state index contributed by atoms with van der Waals surface area (Å²) >= 11 is 7.61. The summed E-state index contributed by atoms with van der Waals surface area (Å²) in [5, 5.41) is 13.3. The number of hydrogen-bond donors (Lipinski definition) is 1. The number of nitro benzene ring substituents is 1. The monoisotopic (exact) mass is 302 g/mol. The van der Waals surface area contributed by atoms with E-state index >= 15 is 0 Å². The topological polar surface area (TPSA) is 72.2 Å². The Morgan fingerprint density at radius 1 is 1.47 bits per heavy atom. The molecule has 0 bridgehead atoms. The van der Waals surface area contributed by atoms with E-state index < -0.39 is 4.92 Å². The van der Waals surface area contributed by atoms with Gasteiger partial charge in [0.25, 0.3) is 11.6 Å². The Labute approximate surface area is 120 Å².